The summed E-state index contributed by atoms with van der Waals surface area (Å²) in [5.74, 6) is 0.181. The molecule has 1 aliphatic heterocycles. The van der Waals surface area contributed by atoms with Gasteiger partial charge in [-0.3, -0.25) is 4.79 Å². The third-order valence-corrected chi connectivity index (χ3v) is 3.41. The smallest absolute Gasteiger partial charge is 0.274 e. The molecule has 1 amide bonds. The second-order valence-electron chi connectivity index (χ2n) is 4.85. The molecule has 1 aromatic carbocycles. The molecule has 0 fully saturated rings. The summed E-state index contributed by atoms with van der Waals surface area (Å²) in [6.07, 6.45) is 4.16. The van der Waals surface area contributed by atoms with Gasteiger partial charge < -0.3 is 14.6 Å². The van der Waals surface area contributed by atoms with Crippen LogP contribution in [0, 0.1) is 0 Å². The summed E-state index contributed by atoms with van der Waals surface area (Å²) in [5.41, 5.74) is 2.67. The van der Waals surface area contributed by atoms with Crippen molar-refractivity contribution in [3.63, 3.8) is 0 Å². The maximum Gasteiger partial charge on any atom is 0.274 e. The Morgan fingerprint density at radius 1 is 1.37 bits per heavy atom. The Hall–Kier alpha value is -2.30. The van der Waals surface area contributed by atoms with E-state index >= 15 is 0 Å². The minimum atomic E-state index is -0.0606. The average Bonchev–Trinajstić information content (AvgIpc) is 2.83. The number of aromatic hydroxyl groups is 1. The van der Waals surface area contributed by atoms with Gasteiger partial charge >= 0.3 is 0 Å². The van der Waals surface area contributed by atoms with E-state index in [9.17, 15) is 9.90 Å². The highest BCUT2D eigenvalue weighted by atomic mass is 16.3. The highest BCUT2D eigenvalue weighted by Crippen LogP contribution is 2.23. The van der Waals surface area contributed by atoms with E-state index in [1.807, 2.05) is 13.1 Å². The van der Waals surface area contributed by atoms with Gasteiger partial charge in [0.2, 0.25) is 0 Å². The fraction of sp³-hybridized carbons (Fsp3) is 0.286. The van der Waals surface area contributed by atoms with Gasteiger partial charge in [0.25, 0.3) is 5.91 Å². The van der Waals surface area contributed by atoms with Crippen LogP contribution in [0.5, 0.6) is 5.75 Å². The largest absolute Gasteiger partial charge is 0.508 e. The zero-order chi connectivity index (χ0) is 13.4. The van der Waals surface area contributed by atoms with Gasteiger partial charge in [0.1, 0.15) is 11.4 Å². The molecule has 0 radical (unpaired) electrons. The van der Waals surface area contributed by atoms with E-state index in [1.165, 1.54) is 5.56 Å². The van der Waals surface area contributed by atoms with Crippen LogP contribution in [0.2, 0.25) is 0 Å². The second-order valence-corrected chi connectivity index (χ2v) is 4.85. The predicted molar refractivity (Wildman–Crippen MR) is 69.8 cm³/mol. The molecule has 0 aliphatic carbocycles. The van der Waals surface area contributed by atoms with Crippen molar-refractivity contribution >= 4 is 5.91 Å². The van der Waals surface area contributed by atoms with Crippen LogP contribution >= 0.6 is 0 Å². The van der Waals surface area contributed by atoms with Gasteiger partial charge in [-0.1, -0.05) is 6.07 Å². The fourth-order valence-electron chi connectivity index (χ4n) is 2.40. The van der Waals surface area contributed by atoms with E-state index in [0.717, 1.165) is 12.0 Å². The molecule has 1 aliphatic rings. The third kappa shape index (κ3) is 2.19. The molecular formula is C14H15N3O2. The summed E-state index contributed by atoms with van der Waals surface area (Å²) in [4.78, 5) is 18.2. The summed E-state index contributed by atoms with van der Waals surface area (Å²) in [6.45, 7) is 1.21. The predicted octanol–water partition coefficient (Wildman–Crippen LogP) is 1.32. The Balaban J connectivity index is 1.83. The van der Waals surface area contributed by atoms with Crippen LogP contribution in [0.25, 0.3) is 0 Å². The lowest BCUT2D eigenvalue weighted by molar-refractivity contribution is 0.0729. The Morgan fingerprint density at radius 2 is 2.21 bits per heavy atom. The Bertz CT molecular complexity index is 633. The quantitative estimate of drug-likeness (QED) is 0.838. The number of carbonyl (C=O) groups is 1. The van der Waals surface area contributed by atoms with Gasteiger partial charge in [-0.15, -0.1) is 0 Å². The van der Waals surface area contributed by atoms with Crippen molar-refractivity contribution < 1.29 is 9.90 Å². The SMILES string of the molecule is Cn1cnc(C(=O)N2CCc3ccc(O)cc3C2)c1. The molecule has 0 unspecified atom stereocenters. The number of hydrogen-bond acceptors (Lipinski definition) is 3. The average molecular weight is 257 g/mol. The number of imidazole rings is 1. The number of aromatic nitrogens is 2. The van der Waals surface area contributed by atoms with Crippen molar-refractivity contribution in [2.75, 3.05) is 6.54 Å². The van der Waals surface area contributed by atoms with Gasteiger partial charge in [0.15, 0.2) is 0 Å². The molecule has 2 heterocycles. The standard InChI is InChI=1S/C14H15N3O2/c1-16-8-13(15-9-16)14(19)17-5-4-10-2-3-12(18)6-11(10)7-17/h2-3,6,8-9,18H,4-5,7H2,1H3. The maximum absolute atomic E-state index is 12.3. The van der Waals surface area contributed by atoms with Gasteiger partial charge in [0, 0.05) is 26.3 Å². The van der Waals surface area contributed by atoms with E-state index in [0.29, 0.717) is 18.8 Å². The van der Waals surface area contributed by atoms with Crippen LogP contribution in [0.15, 0.2) is 30.7 Å². The van der Waals surface area contributed by atoms with Crippen molar-refractivity contribution in [1.29, 1.82) is 0 Å². The van der Waals surface area contributed by atoms with Crippen LogP contribution < -0.4 is 0 Å². The fourth-order valence-corrected chi connectivity index (χ4v) is 2.40. The minimum Gasteiger partial charge on any atom is -0.508 e. The molecule has 3 rings (SSSR count). The molecule has 5 heteroatoms. The van der Waals surface area contributed by atoms with E-state index in [2.05, 4.69) is 4.98 Å². The zero-order valence-electron chi connectivity index (χ0n) is 10.7. The first kappa shape index (κ1) is 11.8. The Morgan fingerprint density at radius 3 is 2.95 bits per heavy atom. The molecule has 0 saturated carbocycles. The number of hydrogen-bond donors (Lipinski definition) is 1. The molecule has 98 valence electrons. The molecule has 1 aromatic heterocycles. The first-order chi connectivity index (χ1) is 9.13. The van der Waals surface area contributed by atoms with Crippen molar-refractivity contribution in [2.24, 2.45) is 7.05 Å². The molecule has 0 atom stereocenters. The van der Waals surface area contributed by atoms with Crippen LogP contribution in [0.3, 0.4) is 0 Å². The molecule has 0 saturated heterocycles. The molecule has 0 spiro atoms. The molecule has 19 heavy (non-hydrogen) atoms. The zero-order valence-corrected chi connectivity index (χ0v) is 10.7. The van der Waals surface area contributed by atoms with E-state index in [1.54, 1.807) is 34.1 Å². The Kier molecular flexibility index (Phi) is 2.74. The summed E-state index contributed by atoms with van der Waals surface area (Å²) in [5, 5.41) is 9.51. The maximum atomic E-state index is 12.3. The molecular weight excluding hydrogens is 242 g/mol. The first-order valence-electron chi connectivity index (χ1n) is 6.21. The van der Waals surface area contributed by atoms with Crippen molar-refractivity contribution in [1.82, 2.24) is 14.5 Å². The van der Waals surface area contributed by atoms with Crippen molar-refractivity contribution in [3.05, 3.63) is 47.5 Å². The minimum absolute atomic E-state index is 0.0606. The molecule has 2 aromatic rings. The number of aryl methyl sites for hydroxylation is 1. The van der Waals surface area contributed by atoms with E-state index in [-0.39, 0.29) is 11.7 Å². The monoisotopic (exact) mass is 257 g/mol. The summed E-state index contributed by atoms with van der Waals surface area (Å²) in [6, 6.07) is 5.34. The molecule has 1 N–H and O–H groups in total. The van der Waals surface area contributed by atoms with Gasteiger partial charge in [-0.05, 0) is 29.7 Å². The normalized spacial score (nSPS) is 14.3. The number of benzene rings is 1. The van der Waals surface area contributed by atoms with Crippen molar-refractivity contribution in [3.8, 4) is 5.75 Å². The number of phenolic OH excluding ortho intramolecular Hbond substituents is 1. The first-order valence-corrected chi connectivity index (χ1v) is 6.21. The van der Waals surface area contributed by atoms with E-state index < -0.39 is 0 Å². The summed E-state index contributed by atoms with van der Waals surface area (Å²) < 4.78 is 1.76. The number of nitrogens with zero attached hydrogens (tertiary/aromatic N) is 3. The lowest BCUT2D eigenvalue weighted by Gasteiger charge is -2.28. The highest BCUT2D eigenvalue weighted by Gasteiger charge is 2.23. The number of fused-ring (bicyclic) bond motifs is 1. The van der Waals surface area contributed by atoms with Gasteiger partial charge in [0.05, 0.1) is 6.33 Å². The number of amides is 1. The second kappa shape index (κ2) is 4.42. The summed E-state index contributed by atoms with van der Waals surface area (Å²) in [7, 11) is 1.84. The van der Waals surface area contributed by atoms with Crippen LogP contribution in [-0.4, -0.2) is 32.0 Å². The van der Waals surface area contributed by atoms with E-state index in [4.69, 9.17) is 0 Å². The lowest BCUT2D eigenvalue weighted by Crippen LogP contribution is -2.36. The molecule has 0 bridgehead atoms. The van der Waals surface area contributed by atoms with Gasteiger partial charge in [-0.2, -0.15) is 0 Å². The Labute approximate surface area is 111 Å². The molecule has 5 nitrogen and oxygen atoms in total. The van der Waals surface area contributed by atoms with Crippen LogP contribution in [-0.2, 0) is 20.0 Å². The topological polar surface area (TPSA) is 58.4 Å². The number of phenols is 1. The third-order valence-electron chi connectivity index (χ3n) is 3.41. The number of carbonyl (C=O) groups excluding carboxylic acids is 1. The highest BCUT2D eigenvalue weighted by molar-refractivity contribution is 5.92. The lowest BCUT2D eigenvalue weighted by atomic mass is 9.99. The van der Waals surface area contributed by atoms with Crippen LogP contribution in [0.4, 0.5) is 0 Å². The van der Waals surface area contributed by atoms with Crippen LogP contribution in [0.1, 0.15) is 21.6 Å². The van der Waals surface area contributed by atoms with Crippen molar-refractivity contribution in [2.45, 2.75) is 13.0 Å². The summed E-state index contributed by atoms with van der Waals surface area (Å²) >= 11 is 0. The van der Waals surface area contributed by atoms with Gasteiger partial charge in [-0.25, -0.2) is 4.98 Å². The number of rotatable bonds is 1.